The molecule has 3 heterocycles. The van der Waals surface area contributed by atoms with E-state index in [0.717, 1.165) is 32.4 Å². The van der Waals surface area contributed by atoms with Gasteiger partial charge in [0.15, 0.2) is 5.76 Å². The van der Waals surface area contributed by atoms with E-state index < -0.39 is 17.9 Å². The van der Waals surface area contributed by atoms with E-state index in [-0.39, 0.29) is 11.8 Å². The molecule has 2 amide bonds. The van der Waals surface area contributed by atoms with Gasteiger partial charge in [-0.15, -0.1) is 0 Å². The molecule has 0 spiro atoms. The van der Waals surface area contributed by atoms with Crippen LogP contribution >= 0.6 is 0 Å². The van der Waals surface area contributed by atoms with Gasteiger partial charge in [0.05, 0.1) is 6.61 Å². The molecular weight excluding hydrogens is 348 g/mol. The molecule has 0 aromatic carbocycles. The van der Waals surface area contributed by atoms with Crippen molar-refractivity contribution >= 4 is 11.8 Å². The van der Waals surface area contributed by atoms with Crippen LogP contribution in [0.1, 0.15) is 51.2 Å². The minimum absolute atomic E-state index is 0.00292. The van der Waals surface area contributed by atoms with E-state index in [2.05, 4.69) is 10.5 Å². The zero-order chi connectivity index (χ0) is 19.4. The second-order valence-electron chi connectivity index (χ2n) is 7.89. The first-order valence-corrected chi connectivity index (χ1v) is 9.87. The second-order valence-corrected chi connectivity index (χ2v) is 7.89. The van der Waals surface area contributed by atoms with Gasteiger partial charge in [-0.2, -0.15) is 0 Å². The molecule has 2 atom stereocenters. The van der Waals surface area contributed by atoms with Gasteiger partial charge in [0.25, 0.3) is 5.88 Å². The maximum absolute atomic E-state index is 13.1. The van der Waals surface area contributed by atoms with E-state index >= 15 is 0 Å². The van der Waals surface area contributed by atoms with E-state index in [1.54, 1.807) is 11.0 Å². The van der Waals surface area contributed by atoms with E-state index in [1.807, 2.05) is 13.8 Å². The molecule has 8 nitrogen and oxygen atoms in total. The van der Waals surface area contributed by atoms with Crippen molar-refractivity contribution in [1.29, 1.82) is 0 Å². The van der Waals surface area contributed by atoms with Crippen LogP contribution in [-0.2, 0) is 9.59 Å². The average molecular weight is 378 g/mol. The fraction of sp³-hybridized carbons (Fsp3) is 0.737. The van der Waals surface area contributed by atoms with Crippen molar-refractivity contribution < 1.29 is 18.8 Å². The standard InChI is InChI=1S/C19H30N4O4/c1-12(2)17(19(25)23-9-3-4-14(23)18(20)24)15-10-16(22-27-15)26-11-13-5-7-21-8-6-13/h10,12-14,17,21H,3-9,11H2,1-2H3,(H2,20,24)/t14?,17-/m1/s1. The third-order valence-electron chi connectivity index (χ3n) is 5.54. The van der Waals surface area contributed by atoms with Gasteiger partial charge >= 0.3 is 0 Å². The predicted octanol–water partition coefficient (Wildman–Crippen LogP) is 1.27. The van der Waals surface area contributed by atoms with Crippen molar-refractivity contribution in [3.63, 3.8) is 0 Å². The van der Waals surface area contributed by atoms with E-state index in [0.29, 0.717) is 37.1 Å². The zero-order valence-corrected chi connectivity index (χ0v) is 16.1. The summed E-state index contributed by atoms with van der Waals surface area (Å²) in [6.45, 7) is 7.08. The van der Waals surface area contributed by atoms with Crippen molar-refractivity contribution in [2.45, 2.75) is 51.5 Å². The molecule has 27 heavy (non-hydrogen) atoms. The Morgan fingerprint density at radius 1 is 1.37 bits per heavy atom. The minimum atomic E-state index is -0.530. The second kappa shape index (κ2) is 8.73. The molecular formula is C19H30N4O4. The van der Waals surface area contributed by atoms with Crippen LogP contribution in [0.5, 0.6) is 5.88 Å². The topological polar surface area (TPSA) is 111 Å². The number of nitrogens with two attached hydrogens (primary N) is 1. The summed E-state index contributed by atoms with van der Waals surface area (Å²) in [5.41, 5.74) is 5.46. The summed E-state index contributed by atoms with van der Waals surface area (Å²) < 4.78 is 11.2. The number of likely N-dealkylation sites (tertiary alicyclic amines) is 1. The van der Waals surface area contributed by atoms with Crippen molar-refractivity contribution in [2.24, 2.45) is 17.6 Å². The Kier molecular flexibility index (Phi) is 6.36. The van der Waals surface area contributed by atoms with Crippen molar-refractivity contribution in [1.82, 2.24) is 15.4 Å². The van der Waals surface area contributed by atoms with Crippen LogP contribution in [0.25, 0.3) is 0 Å². The Morgan fingerprint density at radius 2 is 2.11 bits per heavy atom. The number of ether oxygens (including phenoxy) is 1. The Labute approximate surface area is 159 Å². The lowest BCUT2D eigenvalue weighted by molar-refractivity contribution is -0.139. The third-order valence-corrected chi connectivity index (χ3v) is 5.54. The van der Waals surface area contributed by atoms with Crippen molar-refractivity contribution in [3.05, 3.63) is 11.8 Å². The van der Waals surface area contributed by atoms with Gasteiger partial charge in [0, 0.05) is 12.6 Å². The third kappa shape index (κ3) is 4.61. The van der Waals surface area contributed by atoms with E-state index in [1.165, 1.54) is 0 Å². The molecule has 1 aromatic rings. The lowest BCUT2D eigenvalue weighted by Gasteiger charge is -2.27. The highest BCUT2D eigenvalue weighted by molar-refractivity contribution is 5.90. The molecule has 1 unspecified atom stereocenters. The van der Waals surface area contributed by atoms with Crippen LogP contribution in [0.3, 0.4) is 0 Å². The molecule has 0 radical (unpaired) electrons. The average Bonchev–Trinajstić information content (AvgIpc) is 3.30. The number of amides is 2. The maximum atomic E-state index is 13.1. The number of hydrogen-bond donors (Lipinski definition) is 2. The lowest BCUT2D eigenvalue weighted by atomic mass is 9.91. The number of piperidine rings is 1. The molecule has 2 aliphatic rings. The first-order chi connectivity index (χ1) is 13.0. The highest BCUT2D eigenvalue weighted by Gasteiger charge is 2.39. The fourth-order valence-corrected chi connectivity index (χ4v) is 3.98. The summed E-state index contributed by atoms with van der Waals surface area (Å²) in [4.78, 5) is 26.3. The van der Waals surface area contributed by atoms with Gasteiger partial charge < -0.3 is 25.2 Å². The number of rotatable bonds is 7. The fourth-order valence-electron chi connectivity index (χ4n) is 3.98. The Bertz CT molecular complexity index is 654. The van der Waals surface area contributed by atoms with Gasteiger partial charge in [0.1, 0.15) is 12.0 Å². The molecule has 3 N–H and O–H groups in total. The van der Waals surface area contributed by atoms with Crippen LogP contribution in [0.15, 0.2) is 10.6 Å². The largest absolute Gasteiger partial charge is 0.475 e. The molecule has 1 aromatic heterocycles. The van der Waals surface area contributed by atoms with Crippen LogP contribution < -0.4 is 15.8 Å². The van der Waals surface area contributed by atoms with Crippen molar-refractivity contribution in [2.75, 3.05) is 26.2 Å². The molecule has 2 fully saturated rings. The molecule has 3 rings (SSSR count). The molecule has 2 saturated heterocycles. The van der Waals surface area contributed by atoms with Gasteiger partial charge in [-0.05, 0) is 55.8 Å². The summed E-state index contributed by atoms with van der Waals surface area (Å²) >= 11 is 0. The number of carbonyl (C=O) groups excluding carboxylic acids is 2. The molecule has 0 aliphatic carbocycles. The van der Waals surface area contributed by atoms with E-state index in [4.69, 9.17) is 15.0 Å². The molecule has 150 valence electrons. The Balaban J connectivity index is 1.67. The Hall–Kier alpha value is -2.09. The number of primary amides is 1. The van der Waals surface area contributed by atoms with Crippen molar-refractivity contribution in [3.8, 4) is 5.88 Å². The SMILES string of the molecule is CC(C)[C@@H](C(=O)N1CCCC1C(N)=O)c1cc(OCC2CCNCC2)no1. The van der Waals surface area contributed by atoms with Crippen LogP contribution in [-0.4, -0.2) is 54.2 Å². The molecule has 0 saturated carbocycles. The molecule has 2 aliphatic heterocycles. The summed E-state index contributed by atoms with van der Waals surface area (Å²) in [5, 5.41) is 7.32. The zero-order valence-electron chi connectivity index (χ0n) is 16.1. The first kappa shape index (κ1) is 19.7. The van der Waals surface area contributed by atoms with Gasteiger partial charge in [0.2, 0.25) is 11.8 Å². The predicted molar refractivity (Wildman–Crippen MR) is 99.1 cm³/mol. The van der Waals surface area contributed by atoms with Crippen LogP contribution in [0.2, 0.25) is 0 Å². The highest BCUT2D eigenvalue weighted by Crippen LogP contribution is 2.32. The molecule has 0 bridgehead atoms. The number of nitrogens with one attached hydrogen (secondary N) is 1. The van der Waals surface area contributed by atoms with Gasteiger partial charge in [-0.1, -0.05) is 13.8 Å². The number of nitrogens with zero attached hydrogens (tertiary/aromatic N) is 2. The maximum Gasteiger partial charge on any atom is 0.254 e. The van der Waals surface area contributed by atoms with Gasteiger partial charge in [-0.25, -0.2) is 0 Å². The summed E-state index contributed by atoms with van der Waals surface area (Å²) in [6, 6.07) is 1.18. The Morgan fingerprint density at radius 3 is 2.78 bits per heavy atom. The molecule has 8 heteroatoms. The summed E-state index contributed by atoms with van der Waals surface area (Å²) in [5.74, 6) is 0.306. The lowest BCUT2D eigenvalue weighted by Crippen LogP contribution is -2.46. The summed E-state index contributed by atoms with van der Waals surface area (Å²) in [6.07, 6.45) is 3.57. The number of carbonyl (C=O) groups is 2. The van der Waals surface area contributed by atoms with E-state index in [9.17, 15) is 9.59 Å². The smallest absolute Gasteiger partial charge is 0.254 e. The normalized spacial score (nSPS) is 22.2. The number of aromatic nitrogens is 1. The van der Waals surface area contributed by atoms with Crippen LogP contribution in [0, 0.1) is 11.8 Å². The quantitative estimate of drug-likeness (QED) is 0.739. The monoisotopic (exact) mass is 378 g/mol. The first-order valence-electron chi connectivity index (χ1n) is 9.87. The number of hydrogen-bond acceptors (Lipinski definition) is 6. The minimum Gasteiger partial charge on any atom is -0.475 e. The van der Waals surface area contributed by atoms with Gasteiger partial charge in [-0.3, -0.25) is 9.59 Å². The summed E-state index contributed by atoms with van der Waals surface area (Å²) in [7, 11) is 0. The highest BCUT2D eigenvalue weighted by atomic mass is 16.5. The van der Waals surface area contributed by atoms with Crippen LogP contribution in [0.4, 0.5) is 0 Å².